The minimum Gasteiger partial charge on any atom is -0.380 e. The molecular formula is C12H18N2O4S. The molecule has 1 rings (SSSR count). The van der Waals surface area contributed by atoms with Gasteiger partial charge in [0, 0.05) is 25.8 Å². The number of sulfonamides is 1. The molecule has 7 heteroatoms. The molecule has 1 amide bonds. The molecule has 0 radical (unpaired) electrons. The van der Waals surface area contributed by atoms with E-state index >= 15 is 0 Å². The lowest BCUT2D eigenvalue weighted by molar-refractivity contribution is -0.114. The van der Waals surface area contributed by atoms with Crippen molar-refractivity contribution in [2.45, 2.75) is 18.7 Å². The molecule has 0 saturated heterocycles. The summed E-state index contributed by atoms with van der Waals surface area (Å²) >= 11 is 0. The number of ether oxygens (including phenoxy) is 1. The van der Waals surface area contributed by atoms with Crippen LogP contribution in [0.25, 0.3) is 0 Å². The molecule has 0 bridgehead atoms. The lowest BCUT2D eigenvalue weighted by atomic mass is 10.3. The normalized spacial score (nSPS) is 11.3. The highest BCUT2D eigenvalue weighted by molar-refractivity contribution is 7.89. The molecular weight excluding hydrogens is 268 g/mol. The van der Waals surface area contributed by atoms with E-state index in [-0.39, 0.29) is 17.3 Å². The van der Waals surface area contributed by atoms with Crippen LogP contribution in [0.1, 0.15) is 13.8 Å². The lowest BCUT2D eigenvalue weighted by Gasteiger charge is -2.08. The van der Waals surface area contributed by atoms with Crippen LogP contribution in [0.4, 0.5) is 5.69 Å². The Kier molecular flexibility index (Phi) is 5.94. The Balaban J connectivity index is 2.65. The Bertz CT molecular complexity index is 511. The second-order valence-electron chi connectivity index (χ2n) is 3.80. The molecule has 2 N–H and O–H groups in total. The van der Waals surface area contributed by atoms with Gasteiger partial charge >= 0.3 is 0 Å². The zero-order chi connectivity index (χ0) is 14.3. The molecule has 0 aliphatic heterocycles. The maximum absolute atomic E-state index is 11.9. The number of nitrogens with one attached hydrogen (secondary N) is 2. The van der Waals surface area contributed by atoms with Gasteiger partial charge in [-0.3, -0.25) is 4.79 Å². The topological polar surface area (TPSA) is 84.5 Å². The fourth-order valence-electron chi connectivity index (χ4n) is 1.40. The van der Waals surface area contributed by atoms with Crippen molar-refractivity contribution in [1.29, 1.82) is 0 Å². The summed E-state index contributed by atoms with van der Waals surface area (Å²) in [5.74, 6) is -0.203. The van der Waals surface area contributed by atoms with E-state index in [1.54, 1.807) is 12.1 Å². The average Bonchev–Trinajstić information content (AvgIpc) is 2.35. The second-order valence-corrected chi connectivity index (χ2v) is 5.57. The van der Waals surface area contributed by atoms with E-state index in [9.17, 15) is 13.2 Å². The minimum absolute atomic E-state index is 0.151. The van der Waals surface area contributed by atoms with Gasteiger partial charge < -0.3 is 10.1 Å². The van der Waals surface area contributed by atoms with Crippen LogP contribution in [-0.4, -0.2) is 34.1 Å². The first kappa shape index (κ1) is 15.6. The Labute approximate surface area is 113 Å². The monoisotopic (exact) mass is 286 g/mol. The predicted molar refractivity (Wildman–Crippen MR) is 72.4 cm³/mol. The van der Waals surface area contributed by atoms with Gasteiger partial charge in [-0.05, 0) is 31.2 Å². The Hall–Kier alpha value is -1.44. The number of carbonyl (C=O) groups is 1. The van der Waals surface area contributed by atoms with Gasteiger partial charge in [0.05, 0.1) is 11.5 Å². The fraction of sp³-hybridized carbons (Fsp3) is 0.417. The molecule has 6 nitrogen and oxygen atoms in total. The van der Waals surface area contributed by atoms with E-state index in [1.807, 2.05) is 6.92 Å². The van der Waals surface area contributed by atoms with Crippen molar-refractivity contribution in [3.8, 4) is 0 Å². The van der Waals surface area contributed by atoms with Crippen molar-refractivity contribution < 1.29 is 17.9 Å². The third-order valence-corrected chi connectivity index (χ3v) is 3.70. The predicted octanol–water partition coefficient (Wildman–Crippen LogP) is 0.960. The number of amides is 1. The van der Waals surface area contributed by atoms with Crippen molar-refractivity contribution >= 4 is 21.6 Å². The van der Waals surface area contributed by atoms with Crippen LogP contribution in [0, 0.1) is 0 Å². The van der Waals surface area contributed by atoms with Crippen LogP contribution in [-0.2, 0) is 19.6 Å². The van der Waals surface area contributed by atoms with Gasteiger partial charge in [0.1, 0.15) is 0 Å². The fourth-order valence-corrected chi connectivity index (χ4v) is 2.41. The first-order valence-electron chi connectivity index (χ1n) is 5.91. The van der Waals surface area contributed by atoms with Gasteiger partial charge in [0.25, 0.3) is 0 Å². The van der Waals surface area contributed by atoms with Crippen LogP contribution < -0.4 is 10.0 Å². The van der Waals surface area contributed by atoms with Crippen molar-refractivity contribution in [2.75, 3.05) is 25.1 Å². The number of rotatable bonds is 7. The smallest absolute Gasteiger partial charge is 0.240 e. The Morgan fingerprint density at radius 1 is 1.26 bits per heavy atom. The van der Waals surface area contributed by atoms with Gasteiger partial charge in [-0.15, -0.1) is 0 Å². The highest BCUT2D eigenvalue weighted by Crippen LogP contribution is 2.13. The van der Waals surface area contributed by atoms with Gasteiger partial charge in [0.2, 0.25) is 15.9 Å². The molecule has 1 aromatic carbocycles. The third-order valence-electron chi connectivity index (χ3n) is 2.23. The number of anilines is 1. The van der Waals surface area contributed by atoms with E-state index in [1.165, 1.54) is 19.1 Å². The average molecular weight is 286 g/mol. The maximum atomic E-state index is 11.9. The largest absolute Gasteiger partial charge is 0.380 e. The number of hydrogen-bond acceptors (Lipinski definition) is 4. The number of benzene rings is 1. The van der Waals surface area contributed by atoms with Gasteiger partial charge in [-0.1, -0.05) is 0 Å². The molecule has 0 aliphatic carbocycles. The van der Waals surface area contributed by atoms with Gasteiger partial charge in [-0.2, -0.15) is 0 Å². The quantitative estimate of drug-likeness (QED) is 0.731. The molecule has 106 valence electrons. The molecule has 0 aromatic heterocycles. The van der Waals surface area contributed by atoms with E-state index in [0.717, 1.165) is 0 Å². The van der Waals surface area contributed by atoms with Crippen molar-refractivity contribution in [2.24, 2.45) is 0 Å². The summed E-state index contributed by atoms with van der Waals surface area (Å²) in [5, 5.41) is 2.57. The summed E-state index contributed by atoms with van der Waals surface area (Å²) in [6.45, 7) is 4.34. The van der Waals surface area contributed by atoms with E-state index < -0.39 is 10.0 Å². The highest BCUT2D eigenvalue weighted by atomic mass is 32.2. The molecule has 0 saturated carbocycles. The van der Waals surface area contributed by atoms with E-state index in [2.05, 4.69) is 10.0 Å². The first-order chi connectivity index (χ1) is 8.95. The van der Waals surface area contributed by atoms with Crippen LogP contribution >= 0.6 is 0 Å². The van der Waals surface area contributed by atoms with Crippen LogP contribution in [0.3, 0.4) is 0 Å². The minimum atomic E-state index is -3.53. The SMILES string of the molecule is CCOCCNS(=O)(=O)c1ccc(NC(C)=O)cc1. The molecule has 0 aliphatic rings. The highest BCUT2D eigenvalue weighted by Gasteiger charge is 2.12. The molecule has 19 heavy (non-hydrogen) atoms. The third kappa shape index (κ3) is 5.37. The summed E-state index contributed by atoms with van der Waals surface area (Å²) in [6, 6.07) is 5.96. The summed E-state index contributed by atoms with van der Waals surface area (Å²) < 4.78 is 31.2. The second kappa shape index (κ2) is 7.22. The number of carbonyl (C=O) groups excluding carboxylic acids is 1. The first-order valence-corrected chi connectivity index (χ1v) is 7.39. The van der Waals surface area contributed by atoms with Crippen molar-refractivity contribution in [1.82, 2.24) is 4.72 Å². The lowest BCUT2D eigenvalue weighted by Crippen LogP contribution is -2.27. The van der Waals surface area contributed by atoms with Crippen LogP contribution in [0.15, 0.2) is 29.2 Å². The van der Waals surface area contributed by atoms with Crippen molar-refractivity contribution in [3.05, 3.63) is 24.3 Å². The molecule has 0 spiro atoms. The van der Waals surface area contributed by atoms with Gasteiger partial charge in [0.15, 0.2) is 0 Å². The van der Waals surface area contributed by atoms with E-state index in [0.29, 0.717) is 18.9 Å². The Morgan fingerprint density at radius 2 is 1.89 bits per heavy atom. The molecule has 1 aromatic rings. The van der Waals surface area contributed by atoms with Gasteiger partial charge in [-0.25, -0.2) is 13.1 Å². The standard InChI is InChI=1S/C12H18N2O4S/c1-3-18-9-8-13-19(16,17)12-6-4-11(5-7-12)14-10(2)15/h4-7,13H,3,8-9H2,1-2H3,(H,14,15). The zero-order valence-electron chi connectivity index (χ0n) is 11.0. The van der Waals surface area contributed by atoms with E-state index in [4.69, 9.17) is 4.74 Å². The molecule has 0 fully saturated rings. The van der Waals surface area contributed by atoms with Crippen LogP contribution in [0.2, 0.25) is 0 Å². The molecule has 0 atom stereocenters. The molecule has 0 unspecified atom stereocenters. The number of hydrogen-bond donors (Lipinski definition) is 2. The molecule has 0 heterocycles. The van der Waals surface area contributed by atoms with Crippen molar-refractivity contribution in [3.63, 3.8) is 0 Å². The zero-order valence-corrected chi connectivity index (χ0v) is 11.8. The summed E-state index contributed by atoms with van der Waals surface area (Å²) in [7, 11) is -3.53. The Morgan fingerprint density at radius 3 is 2.42 bits per heavy atom. The summed E-state index contributed by atoms with van der Waals surface area (Å²) in [5.41, 5.74) is 0.556. The summed E-state index contributed by atoms with van der Waals surface area (Å²) in [4.78, 5) is 11.0. The summed E-state index contributed by atoms with van der Waals surface area (Å²) in [6.07, 6.45) is 0. The van der Waals surface area contributed by atoms with Crippen LogP contribution in [0.5, 0.6) is 0 Å². The maximum Gasteiger partial charge on any atom is 0.240 e.